The molecule has 112 valence electrons. The Hall–Kier alpha value is -0.770. The highest BCUT2D eigenvalue weighted by Crippen LogP contribution is 2.20. The Bertz CT molecular complexity index is 255. The van der Waals surface area contributed by atoms with Crippen LogP contribution >= 0.6 is 0 Å². The van der Waals surface area contributed by atoms with Crippen molar-refractivity contribution in [2.24, 2.45) is 16.8 Å². The molecule has 0 aliphatic carbocycles. The molecule has 0 amide bonds. The second-order valence-electron chi connectivity index (χ2n) is 5.89. The molecule has 0 spiro atoms. The van der Waals surface area contributed by atoms with E-state index in [4.69, 9.17) is 0 Å². The molecule has 0 saturated carbocycles. The van der Waals surface area contributed by atoms with Crippen LogP contribution < -0.4 is 10.6 Å². The first-order chi connectivity index (χ1) is 9.15. The second-order valence-corrected chi connectivity index (χ2v) is 5.89. The molecule has 0 aromatic heterocycles. The Morgan fingerprint density at radius 2 is 1.84 bits per heavy atom. The molecule has 0 radical (unpaired) electrons. The second kappa shape index (κ2) is 9.18. The lowest BCUT2D eigenvalue weighted by Crippen LogP contribution is -2.45. The molecule has 2 atom stereocenters. The van der Waals surface area contributed by atoms with Crippen molar-refractivity contribution < 1.29 is 0 Å². The summed E-state index contributed by atoms with van der Waals surface area (Å²) in [6.45, 7) is 15.4. The molecule has 1 aliphatic heterocycles. The quantitative estimate of drug-likeness (QED) is 0.571. The molecule has 2 N–H and O–H groups in total. The highest BCUT2D eigenvalue weighted by Gasteiger charge is 2.21. The molecule has 4 heteroatoms. The molecule has 0 bridgehead atoms. The summed E-state index contributed by atoms with van der Waals surface area (Å²) in [4.78, 5) is 7.10. The summed E-state index contributed by atoms with van der Waals surface area (Å²) in [6.07, 6.45) is 2.47. The van der Waals surface area contributed by atoms with Crippen molar-refractivity contribution in [3.63, 3.8) is 0 Å². The first-order valence-electron chi connectivity index (χ1n) is 7.90. The molecule has 1 aliphatic rings. The van der Waals surface area contributed by atoms with Crippen molar-refractivity contribution in [1.29, 1.82) is 0 Å². The maximum absolute atomic E-state index is 4.52. The van der Waals surface area contributed by atoms with E-state index in [2.05, 4.69) is 48.2 Å². The molecular formula is C15H32N4. The minimum Gasteiger partial charge on any atom is -0.357 e. The highest BCUT2D eigenvalue weighted by molar-refractivity contribution is 5.79. The van der Waals surface area contributed by atoms with Gasteiger partial charge in [0.25, 0.3) is 0 Å². The topological polar surface area (TPSA) is 39.7 Å². The molecule has 0 aromatic rings. The van der Waals surface area contributed by atoms with Gasteiger partial charge in [-0.1, -0.05) is 20.8 Å². The Labute approximate surface area is 119 Å². The number of aliphatic imine (C=N–C) groups is 1. The number of rotatable bonds is 6. The van der Waals surface area contributed by atoms with Gasteiger partial charge in [0.15, 0.2) is 5.96 Å². The number of guanidine groups is 1. The fourth-order valence-corrected chi connectivity index (χ4v) is 2.87. The van der Waals surface area contributed by atoms with Crippen LogP contribution in [0.3, 0.4) is 0 Å². The molecule has 19 heavy (non-hydrogen) atoms. The molecule has 1 saturated heterocycles. The van der Waals surface area contributed by atoms with Gasteiger partial charge in [0, 0.05) is 39.3 Å². The summed E-state index contributed by atoms with van der Waals surface area (Å²) in [7, 11) is 0. The summed E-state index contributed by atoms with van der Waals surface area (Å²) < 4.78 is 0. The van der Waals surface area contributed by atoms with Crippen LogP contribution in [0.1, 0.15) is 40.5 Å². The Morgan fingerprint density at radius 1 is 1.16 bits per heavy atom. The van der Waals surface area contributed by atoms with Crippen molar-refractivity contribution in [3.05, 3.63) is 0 Å². The third-order valence-corrected chi connectivity index (χ3v) is 3.50. The van der Waals surface area contributed by atoms with Crippen LogP contribution in [0, 0.1) is 11.8 Å². The van der Waals surface area contributed by atoms with E-state index in [1.165, 1.54) is 19.5 Å². The monoisotopic (exact) mass is 268 g/mol. The molecule has 4 nitrogen and oxygen atoms in total. The number of nitrogens with zero attached hydrogens (tertiary/aromatic N) is 2. The Kier molecular flexibility index (Phi) is 7.87. The zero-order valence-corrected chi connectivity index (χ0v) is 13.2. The maximum atomic E-state index is 4.52. The van der Waals surface area contributed by atoms with Gasteiger partial charge in [0.1, 0.15) is 0 Å². The van der Waals surface area contributed by atoms with Gasteiger partial charge in [-0.05, 0) is 31.6 Å². The SMILES string of the molecule is CCCN=C(NCC)NCCN1CC(C)CC(C)C1. The van der Waals surface area contributed by atoms with Crippen LogP contribution in [-0.2, 0) is 0 Å². The molecule has 1 fully saturated rings. The lowest BCUT2D eigenvalue weighted by atomic mass is 9.92. The van der Waals surface area contributed by atoms with E-state index in [1.54, 1.807) is 0 Å². The van der Waals surface area contributed by atoms with Gasteiger partial charge < -0.3 is 15.5 Å². The van der Waals surface area contributed by atoms with E-state index in [-0.39, 0.29) is 0 Å². The van der Waals surface area contributed by atoms with Crippen LogP contribution in [0.5, 0.6) is 0 Å². The van der Waals surface area contributed by atoms with Gasteiger partial charge in [-0.3, -0.25) is 4.99 Å². The van der Waals surface area contributed by atoms with E-state index in [1.807, 2.05) is 0 Å². The summed E-state index contributed by atoms with van der Waals surface area (Å²) in [6, 6.07) is 0. The number of piperidine rings is 1. The normalized spacial score (nSPS) is 25.4. The lowest BCUT2D eigenvalue weighted by molar-refractivity contribution is 0.143. The van der Waals surface area contributed by atoms with Gasteiger partial charge in [-0.2, -0.15) is 0 Å². The molecular weight excluding hydrogens is 236 g/mol. The summed E-state index contributed by atoms with van der Waals surface area (Å²) in [5.41, 5.74) is 0. The predicted octanol–water partition coefficient (Wildman–Crippen LogP) is 1.93. The van der Waals surface area contributed by atoms with Crippen molar-refractivity contribution in [2.45, 2.75) is 40.5 Å². The Balaban J connectivity index is 2.27. The number of likely N-dealkylation sites (tertiary alicyclic amines) is 1. The fraction of sp³-hybridized carbons (Fsp3) is 0.933. The van der Waals surface area contributed by atoms with E-state index in [9.17, 15) is 0 Å². The van der Waals surface area contributed by atoms with Crippen LogP contribution in [-0.4, -0.2) is 50.1 Å². The average Bonchev–Trinajstić information content (AvgIpc) is 2.34. The van der Waals surface area contributed by atoms with Crippen molar-refractivity contribution >= 4 is 5.96 Å². The van der Waals surface area contributed by atoms with Crippen molar-refractivity contribution in [2.75, 3.05) is 39.3 Å². The van der Waals surface area contributed by atoms with Crippen molar-refractivity contribution in [1.82, 2.24) is 15.5 Å². The standard InChI is InChI=1S/C15H32N4/c1-5-7-17-15(16-6-2)18-8-9-19-11-13(3)10-14(4)12-19/h13-14H,5-12H2,1-4H3,(H2,16,17,18). The minimum absolute atomic E-state index is 0.839. The first-order valence-corrected chi connectivity index (χ1v) is 7.90. The maximum Gasteiger partial charge on any atom is 0.191 e. The summed E-state index contributed by atoms with van der Waals surface area (Å²) in [5.74, 6) is 2.64. The minimum atomic E-state index is 0.839. The van der Waals surface area contributed by atoms with E-state index < -0.39 is 0 Å². The highest BCUT2D eigenvalue weighted by atomic mass is 15.2. The number of hydrogen-bond donors (Lipinski definition) is 2. The van der Waals surface area contributed by atoms with Crippen LogP contribution in [0.15, 0.2) is 4.99 Å². The van der Waals surface area contributed by atoms with E-state index in [0.29, 0.717) is 0 Å². The van der Waals surface area contributed by atoms with Crippen LogP contribution in [0.25, 0.3) is 0 Å². The van der Waals surface area contributed by atoms with Gasteiger partial charge in [-0.25, -0.2) is 0 Å². The van der Waals surface area contributed by atoms with Crippen molar-refractivity contribution in [3.8, 4) is 0 Å². The third kappa shape index (κ3) is 6.81. The zero-order chi connectivity index (χ0) is 14.1. The van der Waals surface area contributed by atoms with Crippen LogP contribution in [0.4, 0.5) is 0 Å². The molecule has 1 heterocycles. The number of nitrogens with one attached hydrogen (secondary N) is 2. The molecule has 1 rings (SSSR count). The summed E-state index contributed by atoms with van der Waals surface area (Å²) in [5, 5.41) is 6.72. The van der Waals surface area contributed by atoms with Gasteiger partial charge in [0.2, 0.25) is 0 Å². The van der Waals surface area contributed by atoms with Gasteiger partial charge >= 0.3 is 0 Å². The smallest absolute Gasteiger partial charge is 0.191 e. The van der Waals surface area contributed by atoms with Gasteiger partial charge in [-0.15, -0.1) is 0 Å². The molecule has 0 aromatic carbocycles. The third-order valence-electron chi connectivity index (χ3n) is 3.50. The first kappa shape index (κ1) is 16.3. The number of hydrogen-bond acceptors (Lipinski definition) is 2. The lowest BCUT2D eigenvalue weighted by Gasteiger charge is -2.35. The largest absolute Gasteiger partial charge is 0.357 e. The molecule has 2 unspecified atom stereocenters. The Morgan fingerprint density at radius 3 is 2.42 bits per heavy atom. The average molecular weight is 268 g/mol. The fourth-order valence-electron chi connectivity index (χ4n) is 2.87. The zero-order valence-electron chi connectivity index (χ0n) is 13.2. The van der Waals surface area contributed by atoms with Gasteiger partial charge in [0.05, 0.1) is 0 Å². The van der Waals surface area contributed by atoms with E-state index in [0.717, 1.165) is 50.4 Å². The predicted molar refractivity (Wildman–Crippen MR) is 83.7 cm³/mol. The van der Waals surface area contributed by atoms with E-state index >= 15 is 0 Å². The van der Waals surface area contributed by atoms with Crippen LogP contribution in [0.2, 0.25) is 0 Å². The summed E-state index contributed by atoms with van der Waals surface area (Å²) >= 11 is 0.